The average molecular weight is 262 g/mol. The molecule has 0 spiro atoms. The van der Waals surface area contributed by atoms with E-state index in [9.17, 15) is 5.11 Å². The maximum atomic E-state index is 9.32. The SMILES string of the molecule is CC(Cc1ccc(O)cc1)N(C)C1CCCN(C)C1. The van der Waals surface area contributed by atoms with E-state index in [1.54, 1.807) is 12.1 Å². The Balaban J connectivity index is 1.91. The third kappa shape index (κ3) is 3.95. The maximum Gasteiger partial charge on any atom is 0.115 e. The molecule has 0 saturated carbocycles. The van der Waals surface area contributed by atoms with E-state index in [1.807, 2.05) is 12.1 Å². The van der Waals surface area contributed by atoms with Crippen molar-refractivity contribution in [2.75, 3.05) is 27.2 Å². The Bertz CT molecular complexity index is 390. The Kier molecular flexibility index (Phi) is 4.83. The van der Waals surface area contributed by atoms with E-state index in [-0.39, 0.29) is 0 Å². The van der Waals surface area contributed by atoms with Gasteiger partial charge in [-0.2, -0.15) is 0 Å². The first-order valence-electron chi connectivity index (χ1n) is 7.24. The fourth-order valence-corrected chi connectivity index (χ4v) is 2.95. The number of hydrogen-bond donors (Lipinski definition) is 1. The summed E-state index contributed by atoms with van der Waals surface area (Å²) in [5.74, 6) is 0.346. The molecule has 106 valence electrons. The minimum Gasteiger partial charge on any atom is -0.508 e. The molecular formula is C16H26N2O. The second-order valence-electron chi connectivity index (χ2n) is 5.94. The lowest BCUT2D eigenvalue weighted by molar-refractivity contribution is 0.105. The summed E-state index contributed by atoms with van der Waals surface area (Å²) >= 11 is 0. The molecule has 1 aliphatic rings. The molecule has 2 unspecified atom stereocenters. The van der Waals surface area contributed by atoms with Crippen LogP contribution in [0.15, 0.2) is 24.3 Å². The van der Waals surface area contributed by atoms with Crippen molar-refractivity contribution in [2.24, 2.45) is 0 Å². The molecule has 1 aliphatic heterocycles. The summed E-state index contributed by atoms with van der Waals surface area (Å²) in [6, 6.07) is 8.79. The molecule has 0 bridgehead atoms. The molecule has 1 N–H and O–H groups in total. The Morgan fingerprint density at radius 1 is 1.37 bits per heavy atom. The minimum absolute atomic E-state index is 0.346. The average Bonchev–Trinajstić information content (AvgIpc) is 2.40. The third-order valence-electron chi connectivity index (χ3n) is 4.34. The number of hydrogen-bond acceptors (Lipinski definition) is 3. The van der Waals surface area contributed by atoms with E-state index in [0.717, 1.165) is 6.42 Å². The number of aromatic hydroxyl groups is 1. The molecule has 0 amide bonds. The Morgan fingerprint density at radius 3 is 2.68 bits per heavy atom. The van der Waals surface area contributed by atoms with Gasteiger partial charge < -0.3 is 10.0 Å². The van der Waals surface area contributed by atoms with Crippen molar-refractivity contribution in [1.82, 2.24) is 9.80 Å². The second kappa shape index (κ2) is 6.40. The standard InChI is InChI=1S/C16H26N2O/c1-13(11-14-6-8-16(19)9-7-14)18(3)15-5-4-10-17(2)12-15/h6-9,13,15,19H,4-5,10-12H2,1-3H3. The largest absolute Gasteiger partial charge is 0.508 e. The van der Waals surface area contributed by atoms with E-state index in [0.29, 0.717) is 17.8 Å². The van der Waals surface area contributed by atoms with Gasteiger partial charge in [-0.25, -0.2) is 0 Å². The van der Waals surface area contributed by atoms with E-state index in [4.69, 9.17) is 0 Å². The van der Waals surface area contributed by atoms with Gasteiger partial charge in [0.25, 0.3) is 0 Å². The van der Waals surface area contributed by atoms with Crippen molar-refractivity contribution in [3.05, 3.63) is 29.8 Å². The van der Waals surface area contributed by atoms with Crippen LogP contribution >= 0.6 is 0 Å². The van der Waals surface area contributed by atoms with E-state index in [1.165, 1.54) is 31.5 Å². The molecule has 3 heteroatoms. The van der Waals surface area contributed by atoms with Crippen LogP contribution in [0.1, 0.15) is 25.3 Å². The Hall–Kier alpha value is -1.06. The second-order valence-corrected chi connectivity index (χ2v) is 5.94. The van der Waals surface area contributed by atoms with Gasteiger partial charge in [-0.1, -0.05) is 12.1 Å². The van der Waals surface area contributed by atoms with Gasteiger partial charge in [0, 0.05) is 18.6 Å². The molecule has 2 atom stereocenters. The summed E-state index contributed by atoms with van der Waals surface area (Å²) in [4.78, 5) is 4.94. The fourth-order valence-electron chi connectivity index (χ4n) is 2.95. The summed E-state index contributed by atoms with van der Waals surface area (Å²) in [7, 11) is 4.46. The molecule has 0 radical (unpaired) electrons. The molecule has 1 fully saturated rings. The normalized spacial score (nSPS) is 22.6. The topological polar surface area (TPSA) is 26.7 Å². The monoisotopic (exact) mass is 262 g/mol. The van der Waals surface area contributed by atoms with Gasteiger partial charge in [-0.15, -0.1) is 0 Å². The number of phenols is 1. The van der Waals surface area contributed by atoms with Crippen LogP contribution in [0.25, 0.3) is 0 Å². The van der Waals surface area contributed by atoms with Crippen molar-refractivity contribution in [2.45, 2.75) is 38.3 Å². The quantitative estimate of drug-likeness (QED) is 0.902. The zero-order valence-corrected chi connectivity index (χ0v) is 12.3. The summed E-state index contributed by atoms with van der Waals surface area (Å²) in [5.41, 5.74) is 1.29. The highest BCUT2D eigenvalue weighted by Gasteiger charge is 2.24. The number of likely N-dealkylation sites (tertiary alicyclic amines) is 1. The van der Waals surface area contributed by atoms with Gasteiger partial charge in [-0.05, 0) is 64.5 Å². The lowest BCUT2D eigenvalue weighted by Crippen LogP contribution is -2.48. The number of likely N-dealkylation sites (N-methyl/N-ethyl adjacent to an activating group) is 2. The van der Waals surface area contributed by atoms with Crippen LogP contribution in [-0.4, -0.2) is 54.2 Å². The molecule has 0 aliphatic carbocycles. The molecule has 1 heterocycles. The first kappa shape index (κ1) is 14.4. The number of phenolic OH excluding ortho intramolecular Hbond substituents is 1. The van der Waals surface area contributed by atoms with E-state index in [2.05, 4.69) is 30.8 Å². The van der Waals surface area contributed by atoms with Crippen LogP contribution in [-0.2, 0) is 6.42 Å². The first-order valence-corrected chi connectivity index (χ1v) is 7.24. The molecule has 1 aromatic carbocycles. The van der Waals surface area contributed by atoms with Crippen LogP contribution in [0.4, 0.5) is 0 Å². The predicted octanol–water partition coefficient (Wildman–Crippen LogP) is 2.35. The van der Waals surface area contributed by atoms with Crippen LogP contribution < -0.4 is 0 Å². The maximum absolute atomic E-state index is 9.32. The zero-order chi connectivity index (χ0) is 13.8. The molecule has 3 nitrogen and oxygen atoms in total. The van der Waals surface area contributed by atoms with Crippen molar-refractivity contribution in [3.8, 4) is 5.75 Å². The molecule has 1 aromatic rings. The summed E-state index contributed by atoms with van der Waals surface area (Å²) in [5, 5.41) is 9.32. The summed E-state index contributed by atoms with van der Waals surface area (Å²) in [6.45, 7) is 4.70. The van der Waals surface area contributed by atoms with Gasteiger partial charge in [0.05, 0.1) is 0 Å². The first-order chi connectivity index (χ1) is 9.06. The Morgan fingerprint density at radius 2 is 2.05 bits per heavy atom. The summed E-state index contributed by atoms with van der Waals surface area (Å²) < 4.78 is 0. The van der Waals surface area contributed by atoms with E-state index >= 15 is 0 Å². The zero-order valence-electron chi connectivity index (χ0n) is 12.3. The lowest BCUT2D eigenvalue weighted by atomic mass is 10.0. The van der Waals surface area contributed by atoms with Gasteiger partial charge in [0.1, 0.15) is 5.75 Å². The highest BCUT2D eigenvalue weighted by atomic mass is 16.3. The molecule has 2 rings (SSSR count). The predicted molar refractivity (Wildman–Crippen MR) is 79.6 cm³/mol. The minimum atomic E-state index is 0.346. The van der Waals surface area contributed by atoms with Crippen molar-refractivity contribution in [1.29, 1.82) is 0 Å². The van der Waals surface area contributed by atoms with Gasteiger partial charge in [0.15, 0.2) is 0 Å². The van der Waals surface area contributed by atoms with Gasteiger partial charge in [-0.3, -0.25) is 4.90 Å². The van der Waals surface area contributed by atoms with Crippen molar-refractivity contribution < 1.29 is 5.11 Å². The lowest BCUT2D eigenvalue weighted by Gasteiger charge is -2.39. The molecule has 1 saturated heterocycles. The van der Waals surface area contributed by atoms with Crippen LogP contribution in [0.3, 0.4) is 0 Å². The van der Waals surface area contributed by atoms with Crippen molar-refractivity contribution in [3.63, 3.8) is 0 Å². The van der Waals surface area contributed by atoms with Crippen LogP contribution in [0.5, 0.6) is 5.75 Å². The Labute approximate surface area is 116 Å². The van der Waals surface area contributed by atoms with E-state index < -0.39 is 0 Å². The number of nitrogens with zero attached hydrogens (tertiary/aromatic N) is 2. The highest BCUT2D eigenvalue weighted by Crippen LogP contribution is 2.18. The molecule has 0 aromatic heterocycles. The highest BCUT2D eigenvalue weighted by molar-refractivity contribution is 5.26. The molecule has 19 heavy (non-hydrogen) atoms. The summed E-state index contributed by atoms with van der Waals surface area (Å²) in [6.07, 6.45) is 3.65. The number of rotatable bonds is 4. The van der Waals surface area contributed by atoms with Gasteiger partial charge >= 0.3 is 0 Å². The smallest absolute Gasteiger partial charge is 0.115 e. The number of benzene rings is 1. The fraction of sp³-hybridized carbons (Fsp3) is 0.625. The van der Waals surface area contributed by atoms with Crippen LogP contribution in [0.2, 0.25) is 0 Å². The van der Waals surface area contributed by atoms with Gasteiger partial charge in [0.2, 0.25) is 0 Å². The van der Waals surface area contributed by atoms with Crippen molar-refractivity contribution >= 4 is 0 Å². The number of piperidine rings is 1. The van der Waals surface area contributed by atoms with Crippen LogP contribution in [0, 0.1) is 0 Å². The third-order valence-corrected chi connectivity index (χ3v) is 4.34. The molecular weight excluding hydrogens is 236 g/mol.